The zero-order chi connectivity index (χ0) is 7.72. The van der Waals surface area contributed by atoms with Crippen molar-refractivity contribution in [3.8, 4) is 0 Å². The molecule has 0 radical (unpaired) electrons. The Kier molecular flexibility index (Phi) is 1.91. The van der Waals surface area contributed by atoms with Gasteiger partial charge in [-0.3, -0.25) is 20.9 Å². The van der Waals surface area contributed by atoms with Gasteiger partial charge in [0.25, 0.3) is 0 Å². The summed E-state index contributed by atoms with van der Waals surface area (Å²) in [7, 11) is 3.60. The standard InChI is InChI=1S/C4H8N4S2/c1-7-3(9)6-8(2)4(10)5-7/h1-2H3,(H,5,10)(H,6,9). The van der Waals surface area contributed by atoms with Gasteiger partial charge < -0.3 is 0 Å². The highest BCUT2D eigenvalue weighted by molar-refractivity contribution is 7.80. The Morgan fingerprint density at radius 1 is 1.00 bits per heavy atom. The molecule has 0 bridgehead atoms. The van der Waals surface area contributed by atoms with Crippen LogP contribution in [0, 0.1) is 0 Å². The molecular weight excluding hydrogens is 168 g/mol. The fourth-order valence-electron chi connectivity index (χ4n) is 0.538. The Hall–Kier alpha value is -0.620. The van der Waals surface area contributed by atoms with Crippen molar-refractivity contribution < 1.29 is 0 Å². The Balaban J connectivity index is 2.63. The molecule has 1 aliphatic rings. The topological polar surface area (TPSA) is 30.5 Å². The maximum Gasteiger partial charge on any atom is 0.206 e. The van der Waals surface area contributed by atoms with Crippen molar-refractivity contribution in [3.63, 3.8) is 0 Å². The third-order valence-corrected chi connectivity index (χ3v) is 1.87. The van der Waals surface area contributed by atoms with Crippen LogP contribution in [0.5, 0.6) is 0 Å². The van der Waals surface area contributed by atoms with Gasteiger partial charge in [0.05, 0.1) is 0 Å². The normalized spacial score (nSPS) is 18.6. The van der Waals surface area contributed by atoms with Crippen LogP contribution in [0.2, 0.25) is 0 Å². The molecule has 6 heteroatoms. The third kappa shape index (κ3) is 1.27. The average molecular weight is 176 g/mol. The van der Waals surface area contributed by atoms with Crippen molar-refractivity contribution in [1.82, 2.24) is 20.9 Å². The minimum Gasteiger partial charge on any atom is -0.271 e. The second-order valence-electron chi connectivity index (χ2n) is 1.95. The molecule has 0 unspecified atom stereocenters. The van der Waals surface area contributed by atoms with Gasteiger partial charge in [-0.05, 0) is 24.4 Å². The number of hydrogen-bond donors (Lipinski definition) is 2. The molecule has 1 heterocycles. The molecule has 4 nitrogen and oxygen atoms in total. The van der Waals surface area contributed by atoms with Gasteiger partial charge in [0.2, 0.25) is 10.2 Å². The van der Waals surface area contributed by atoms with E-state index < -0.39 is 0 Å². The molecule has 0 aromatic heterocycles. The lowest BCUT2D eigenvalue weighted by molar-refractivity contribution is 0.314. The molecule has 1 fully saturated rings. The first-order valence-electron chi connectivity index (χ1n) is 2.70. The van der Waals surface area contributed by atoms with Crippen LogP contribution in [0.4, 0.5) is 0 Å². The van der Waals surface area contributed by atoms with Crippen molar-refractivity contribution in [2.75, 3.05) is 14.1 Å². The molecule has 0 amide bonds. The number of rotatable bonds is 0. The second-order valence-corrected chi connectivity index (χ2v) is 2.73. The SMILES string of the molecule is CN1NC(=S)N(C)NC1=S. The summed E-state index contributed by atoms with van der Waals surface area (Å²) < 4.78 is 0. The second kappa shape index (κ2) is 2.55. The molecule has 2 N–H and O–H groups in total. The summed E-state index contributed by atoms with van der Waals surface area (Å²) in [4.78, 5) is 0. The minimum atomic E-state index is 0.608. The van der Waals surface area contributed by atoms with E-state index in [4.69, 9.17) is 24.4 Å². The summed E-state index contributed by atoms with van der Waals surface area (Å²) in [6, 6.07) is 0. The first-order valence-corrected chi connectivity index (χ1v) is 3.51. The summed E-state index contributed by atoms with van der Waals surface area (Å²) >= 11 is 9.82. The van der Waals surface area contributed by atoms with Crippen LogP contribution in [-0.2, 0) is 0 Å². The fraction of sp³-hybridized carbons (Fsp3) is 0.500. The van der Waals surface area contributed by atoms with Crippen molar-refractivity contribution in [1.29, 1.82) is 0 Å². The molecular formula is C4H8N4S2. The van der Waals surface area contributed by atoms with E-state index >= 15 is 0 Å². The molecule has 1 rings (SSSR count). The van der Waals surface area contributed by atoms with Crippen LogP contribution in [0.25, 0.3) is 0 Å². The molecule has 0 spiro atoms. The molecule has 0 atom stereocenters. The van der Waals surface area contributed by atoms with Gasteiger partial charge in [-0.1, -0.05) is 0 Å². The quantitative estimate of drug-likeness (QED) is 0.481. The van der Waals surface area contributed by atoms with Gasteiger partial charge in [-0.2, -0.15) is 0 Å². The van der Waals surface area contributed by atoms with E-state index in [1.54, 1.807) is 24.1 Å². The lowest BCUT2D eigenvalue weighted by Crippen LogP contribution is -2.63. The van der Waals surface area contributed by atoms with Crippen molar-refractivity contribution in [2.24, 2.45) is 0 Å². The number of nitrogens with zero attached hydrogens (tertiary/aromatic N) is 2. The third-order valence-electron chi connectivity index (χ3n) is 1.14. The lowest BCUT2D eigenvalue weighted by Gasteiger charge is -2.35. The van der Waals surface area contributed by atoms with Crippen LogP contribution in [0.3, 0.4) is 0 Å². The van der Waals surface area contributed by atoms with E-state index in [1.165, 1.54) is 0 Å². The predicted octanol–water partition coefficient (Wildman–Crippen LogP) is -0.557. The van der Waals surface area contributed by atoms with E-state index in [2.05, 4.69) is 10.9 Å². The van der Waals surface area contributed by atoms with E-state index in [9.17, 15) is 0 Å². The molecule has 0 aromatic carbocycles. The monoisotopic (exact) mass is 176 g/mol. The fourth-order valence-corrected chi connectivity index (χ4v) is 0.904. The van der Waals surface area contributed by atoms with E-state index in [0.717, 1.165) is 0 Å². The molecule has 0 aliphatic carbocycles. The maximum atomic E-state index is 4.91. The van der Waals surface area contributed by atoms with E-state index in [0.29, 0.717) is 10.2 Å². The van der Waals surface area contributed by atoms with Gasteiger partial charge in [-0.25, -0.2) is 0 Å². The lowest BCUT2D eigenvalue weighted by atomic mass is 10.8. The van der Waals surface area contributed by atoms with Crippen molar-refractivity contribution in [2.45, 2.75) is 0 Å². The summed E-state index contributed by atoms with van der Waals surface area (Å²) in [6.07, 6.45) is 0. The van der Waals surface area contributed by atoms with Gasteiger partial charge in [-0.15, -0.1) is 0 Å². The Labute approximate surface area is 70.1 Å². The Morgan fingerprint density at radius 3 is 1.60 bits per heavy atom. The van der Waals surface area contributed by atoms with Gasteiger partial charge in [0.15, 0.2) is 0 Å². The number of hydrogen-bond acceptors (Lipinski definition) is 2. The first kappa shape index (κ1) is 7.49. The van der Waals surface area contributed by atoms with Gasteiger partial charge in [0.1, 0.15) is 0 Å². The van der Waals surface area contributed by atoms with Crippen LogP contribution in [0.1, 0.15) is 0 Å². The number of nitrogens with one attached hydrogen (secondary N) is 2. The largest absolute Gasteiger partial charge is 0.271 e. The van der Waals surface area contributed by atoms with Gasteiger partial charge >= 0.3 is 0 Å². The van der Waals surface area contributed by atoms with Crippen molar-refractivity contribution >= 4 is 34.7 Å². The molecule has 0 aromatic rings. The molecule has 1 saturated heterocycles. The summed E-state index contributed by atoms with van der Waals surface area (Å²) in [5, 5.41) is 4.52. The smallest absolute Gasteiger partial charge is 0.206 e. The molecule has 56 valence electrons. The predicted molar refractivity (Wildman–Crippen MR) is 47.0 cm³/mol. The molecule has 10 heavy (non-hydrogen) atoms. The van der Waals surface area contributed by atoms with E-state index in [-0.39, 0.29) is 0 Å². The number of thiocarbonyl (C=S) groups is 2. The molecule has 1 aliphatic heterocycles. The summed E-state index contributed by atoms with van der Waals surface area (Å²) in [5.41, 5.74) is 5.73. The zero-order valence-electron chi connectivity index (χ0n) is 5.71. The van der Waals surface area contributed by atoms with E-state index in [1.807, 2.05) is 0 Å². The summed E-state index contributed by atoms with van der Waals surface area (Å²) in [5.74, 6) is 0. The zero-order valence-corrected chi connectivity index (χ0v) is 7.34. The average Bonchev–Trinajstić information content (AvgIpc) is 1.84. The first-order chi connectivity index (χ1) is 4.61. The van der Waals surface area contributed by atoms with Gasteiger partial charge in [0, 0.05) is 14.1 Å². The van der Waals surface area contributed by atoms with Crippen LogP contribution < -0.4 is 10.9 Å². The Morgan fingerprint density at radius 2 is 1.30 bits per heavy atom. The number of hydrazine groups is 2. The summed E-state index contributed by atoms with van der Waals surface area (Å²) in [6.45, 7) is 0. The highest BCUT2D eigenvalue weighted by Crippen LogP contribution is 1.91. The van der Waals surface area contributed by atoms with Crippen molar-refractivity contribution in [3.05, 3.63) is 0 Å². The van der Waals surface area contributed by atoms with Crippen LogP contribution in [-0.4, -0.2) is 34.3 Å². The maximum absolute atomic E-state index is 4.91. The minimum absolute atomic E-state index is 0.608. The van der Waals surface area contributed by atoms with Crippen LogP contribution in [0.15, 0.2) is 0 Å². The Bertz CT molecular complexity index is 160. The molecule has 0 saturated carbocycles. The van der Waals surface area contributed by atoms with Crippen LogP contribution >= 0.6 is 24.4 Å². The highest BCUT2D eigenvalue weighted by Gasteiger charge is 2.16. The highest BCUT2D eigenvalue weighted by atomic mass is 32.1.